The van der Waals surface area contributed by atoms with Crippen molar-refractivity contribution < 1.29 is 8.76 Å². The fourth-order valence-electron chi connectivity index (χ4n) is 0.836. The van der Waals surface area contributed by atoms with E-state index in [4.69, 9.17) is 0 Å². The summed E-state index contributed by atoms with van der Waals surface area (Å²) in [5, 5.41) is 1.21. The van der Waals surface area contributed by atoms with Crippen molar-refractivity contribution in [2.45, 2.75) is 39.0 Å². The summed E-state index contributed by atoms with van der Waals surface area (Å²) in [6.07, 6.45) is 7.35. The third kappa shape index (κ3) is 9.85. The van der Waals surface area contributed by atoms with Crippen molar-refractivity contribution in [2.24, 2.45) is 0 Å². The Bertz CT molecular complexity index is 132. The Balaban J connectivity index is 3.07. The van der Waals surface area contributed by atoms with Gasteiger partial charge in [0.25, 0.3) is 0 Å². The van der Waals surface area contributed by atoms with Crippen molar-refractivity contribution in [1.82, 2.24) is 0 Å². The van der Waals surface area contributed by atoms with E-state index >= 15 is 0 Å². The summed E-state index contributed by atoms with van der Waals surface area (Å²) in [6, 6.07) is 0. The summed E-state index contributed by atoms with van der Waals surface area (Å²) in [7, 11) is 0. The van der Waals surface area contributed by atoms with Crippen LogP contribution in [0, 0.1) is 0 Å². The zero-order valence-corrected chi connectivity index (χ0v) is 7.73. The largest absolute Gasteiger partial charge is 0.769 e. The van der Waals surface area contributed by atoms with Gasteiger partial charge in [0, 0.05) is 0 Å². The topological polar surface area (TPSA) is 40.1 Å². The molecule has 3 heteroatoms. The molecule has 0 rings (SSSR count). The quantitative estimate of drug-likeness (QED) is 0.459. The van der Waals surface area contributed by atoms with Crippen LogP contribution in [0.4, 0.5) is 0 Å². The molecule has 2 nitrogen and oxygen atoms in total. The summed E-state index contributed by atoms with van der Waals surface area (Å²) in [5.74, 6) is 0. The maximum Gasteiger partial charge on any atom is -0.0155 e. The van der Waals surface area contributed by atoms with Crippen LogP contribution in [-0.4, -0.2) is 8.76 Å². The summed E-state index contributed by atoms with van der Waals surface area (Å²) in [6.45, 7) is 2.16. The van der Waals surface area contributed by atoms with Crippen LogP contribution in [0.15, 0.2) is 11.5 Å². The molecule has 0 spiro atoms. The normalized spacial score (nSPS) is 14.0. The van der Waals surface area contributed by atoms with Crippen LogP contribution in [0.5, 0.6) is 0 Å². The Labute approximate surface area is 71.0 Å². The van der Waals surface area contributed by atoms with Crippen LogP contribution >= 0.6 is 0 Å². The fourth-order valence-corrected chi connectivity index (χ4v) is 1.13. The van der Waals surface area contributed by atoms with Gasteiger partial charge < -0.3 is 4.55 Å². The van der Waals surface area contributed by atoms with E-state index in [0.717, 1.165) is 12.8 Å². The highest BCUT2D eigenvalue weighted by atomic mass is 32.2. The molecule has 11 heavy (non-hydrogen) atoms. The molecule has 0 heterocycles. The number of rotatable bonds is 6. The van der Waals surface area contributed by atoms with Crippen LogP contribution in [0.1, 0.15) is 39.0 Å². The summed E-state index contributed by atoms with van der Waals surface area (Å²) in [4.78, 5) is 0. The Morgan fingerprint density at radius 1 is 1.36 bits per heavy atom. The van der Waals surface area contributed by atoms with Crippen molar-refractivity contribution in [3.8, 4) is 0 Å². The van der Waals surface area contributed by atoms with E-state index in [1.54, 1.807) is 6.08 Å². The molecule has 0 aromatic rings. The maximum absolute atomic E-state index is 10.0. The smallest absolute Gasteiger partial charge is 0.0155 e. The van der Waals surface area contributed by atoms with Crippen LogP contribution in [0.3, 0.4) is 0 Å². The molecule has 1 unspecified atom stereocenters. The Kier molecular flexibility index (Phi) is 7.84. The van der Waals surface area contributed by atoms with Gasteiger partial charge in [0.2, 0.25) is 0 Å². The predicted octanol–water partition coefficient (Wildman–Crippen LogP) is 2.35. The lowest BCUT2D eigenvalue weighted by molar-refractivity contribution is 0.546. The molecular weight excluding hydrogens is 160 g/mol. The van der Waals surface area contributed by atoms with E-state index in [1.807, 2.05) is 0 Å². The van der Waals surface area contributed by atoms with Crippen molar-refractivity contribution in [3.05, 3.63) is 11.5 Å². The van der Waals surface area contributed by atoms with Crippen molar-refractivity contribution in [3.63, 3.8) is 0 Å². The van der Waals surface area contributed by atoms with Gasteiger partial charge in [0.1, 0.15) is 0 Å². The zero-order valence-electron chi connectivity index (χ0n) is 6.91. The second kappa shape index (κ2) is 7.95. The second-order valence-corrected chi connectivity index (χ2v) is 3.27. The maximum atomic E-state index is 10.0. The molecule has 0 saturated heterocycles. The van der Waals surface area contributed by atoms with E-state index in [2.05, 4.69) is 6.92 Å². The Morgan fingerprint density at radius 3 is 2.64 bits per heavy atom. The monoisotopic (exact) mass is 175 g/mol. The average Bonchev–Trinajstić information content (AvgIpc) is 1.96. The van der Waals surface area contributed by atoms with Gasteiger partial charge in [-0.1, -0.05) is 32.3 Å². The molecule has 0 fully saturated rings. The van der Waals surface area contributed by atoms with Crippen LogP contribution in [-0.2, 0) is 11.1 Å². The third-order valence-electron chi connectivity index (χ3n) is 1.43. The van der Waals surface area contributed by atoms with Gasteiger partial charge in [-0.15, -0.1) is 0 Å². The van der Waals surface area contributed by atoms with E-state index in [0.29, 0.717) is 0 Å². The molecule has 0 aromatic carbocycles. The lowest BCUT2D eigenvalue weighted by atomic mass is 10.2. The molecule has 0 radical (unpaired) electrons. The molecule has 0 aromatic heterocycles. The average molecular weight is 175 g/mol. The minimum atomic E-state index is -2.00. The molecule has 0 aliphatic heterocycles. The summed E-state index contributed by atoms with van der Waals surface area (Å²) < 4.78 is 20.0. The van der Waals surface area contributed by atoms with Gasteiger partial charge in [-0.3, -0.25) is 4.21 Å². The number of hydrogen-bond acceptors (Lipinski definition) is 2. The number of unbranched alkanes of at least 4 members (excludes halogenated alkanes) is 4. The minimum absolute atomic E-state index is 0.883. The van der Waals surface area contributed by atoms with Crippen molar-refractivity contribution in [2.75, 3.05) is 0 Å². The Morgan fingerprint density at radius 2 is 2.09 bits per heavy atom. The molecular formula is C8H15O2S-. The number of hydrogen-bond donors (Lipinski definition) is 0. The van der Waals surface area contributed by atoms with Crippen LogP contribution in [0.25, 0.3) is 0 Å². The van der Waals surface area contributed by atoms with Crippen LogP contribution in [0.2, 0.25) is 0 Å². The first-order valence-corrected chi connectivity index (χ1v) is 5.16. The zero-order chi connectivity index (χ0) is 8.53. The fraction of sp³-hybridized carbons (Fsp3) is 0.750. The first kappa shape index (κ1) is 10.8. The van der Waals surface area contributed by atoms with Gasteiger partial charge in [0.15, 0.2) is 0 Å². The number of allylic oxidation sites excluding steroid dienone is 1. The Hall–Kier alpha value is -0.150. The van der Waals surface area contributed by atoms with Gasteiger partial charge in [-0.05, 0) is 29.3 Å². The molecule has 0 N–H and O–H groups in total. The van der Waals surface area contributed by atoms with Gasteiger partial charge in [0.05, 0.1) is 0 Å². The van der Waals surface area contributed by atoms with E-state index in [1.165, 1.54) is 24.7 Å². The third-order valence-corrected chi connectivity index (χ3v) is 1.85. The van der Waals surface area contributed by atoms with Gasteiger partial charge >= 0.3 is 0 Å². The molecule has 1 atom stereocenters. The molecule has 66 valence electrons. The highest BCUT2D eigenvalue weighted by Crippen LogP contribution is 2.02. The lowest BCUT2D eigenvalue weighted by Gasteiger charge is -1.96. The second-order valence-electron chi connectivity index (χ2n) is 2.48. The summed E-state index contributed by atoms with van der Waals surface area (Å²) in [5.41, 5.74) is 0. The van der Waals surface area contributed by atoms with E-state index in [-0.39, 0.29) is 0 Å². The highest BCUT2D eigenvalue weighted by molar-refractivity contribution is 7.82. The first-order chi connectivity index (χ1) is 5.27. The highest BCUT2D eigenvalue weighted by Gasteiger charge is 1.83. The summed E-state index contributed by atoms with van der Waals surface area (Å²) >= 11 is -2.00. The molecule has 0 aliphatic carbocycles. The molecule has 0 aliphatic rings. The molecule has 0 bridgehead atoms. The predicted molar refractivity (Wildman–Crippen MR) is 46.8 cm³/mol. The lowest BCUT2D eigenvalue weighted by Crippen LogP contribution is -1.78. The first-order valence-electron chi connectivity index (χ1n) is 4.02. The minimum Gasteiger partial charge on any atom is -0.769 e. The standard InChI is InChI=1S/C8H16O2S/c1-2-3-4-5-6-7-8-11(9)10/h7-8H,2-6H2,1H3,(H,9,10)/p-1. The van der Waals surface area contributed by atoms with Gasteiger partial charge in [-0.25, -0.2) is 0 Å². The SMILES string of the molecule is CCCCCCC=CS(=O)[O-]. The van der Waals surface area contributed by atoms with Crippen molar-refractivity contribution >= 4 is 11.1 Å². The van der Waals surface area contributed by atoms with E-state index < -0.39 is 11.1 Å². The van der Waals surface area contributed by atoms with E-state index in [9.17, 15) is 8.76 Å². The molecule has 0 saturated carbocycles. The molecule has 0 amide bonds. The van der Waals surface area contributed by atoms with Crippen LogP contribution < -0.4 is 0 Å². The van der Waals surface area contributed by atoms with Gasteiger partial charge in [-0.2, -0.15) is 0 Å². The van der Waals surface area contributed by atoms with Crippen molar-refractivity contribution in [1.29, 1.82) is 0 Å².